The van der Waals surface area contributed by atoms with E-state index in [0.717, 1.165) is 161 Å². The Kier molecular flexibility index (Phi) is 20.9. The number of fused-ring (bicyclic) bond motifs is 22. The molecule has 109 heavy (non-hydrogen) atoms. The fraction of sp³-hybridized carbons (Fsp3) is 0.379. The summed E-state index contributed by atoms with van der Waals surface area (Å²) in [6, 6.07) is 36.8. The van der Waals surface area contributed by atoms with E-state index in [9.17, 15) is 29.1 Å². The molecule has 0 radical (unpaired) electrons. The van der Waals surface area contributed by atoms with Gasteiger partial charge in [-0.25, -0.2) is 0 Å². The van der Waals surface area contributed by atoms with Crippen LogP contribution in [0.1, 0.15) is 208 Å². The maximum absolute atomic E-state index is 12.4. The standard InChI is InChI=1S/C25H28N2O.2C24H26N2O.C22H26N2O3/c1-16-6-8-21-20(16)9-11-24-25(21)22-15-18(17(2)28)7-10-23(22)27(24)14-12-19-5-4-13-26(19)3;1-14(2)25-12-13-26-20-9-6-16-15(3)4-5-18(16)23(20)24-19-8-11-22(27)17(19)7-10-21(24)26;1-3-25-13-4-14-26-20-10-7-16-15(2)5-6-18(16)23(20)24-19-9-12-22(27)17(19)8-11-21(24)26;1-13-9-20-18(10-16(13)14(2)25)19-11-17(15(3)26)22(27)12-21(19)24(20)8-6-7-23(4)5/h7,9-11,15,19H,1,4-6,8,12-14H2,2-3H3;6-7,9-10,14,25H,3-5,8,11-13H2,1-2H3;7-8,10-11,25H,2-6,9,12-14H2,1H3;9-12,27H,6-8H2,1-5H3. The molecule has 14 heteroatoms. The van der Waals surface area contributed by atoms with Gasteiger partial charge in [0.1, 0.15) is 5.75 Å². The molecule has 12 aromatic rings. The van der Waals surface area contributed by atoms with Crippen LogP contribution in [0, 0.1) is 6.92 Å². The van der Waals surface area contributed by atoms with E-state index >= 15 is 0 Å². The van der Waals surface area contributed by atoms with Crippen LogP contribution in [-0.4, -0.2) is 128 Å². The van der Waals surface area contributed by atoms with Crippen LogP contribution in [0.4, 0.5) is 0 Å². The van der Waals surface area contributed by atoms with Crippen molar-refractivity contribution in [2.45, 2.75) is 183 Å². The lowest BCUT2D eigenvalue weighted by Gasteiger charge is -2.20. The van der Waals surface area contributed by atoms with E-state index in [-0.39, 0.29) is 23.1 Å². The molecule has 0 amide bonds. The molecule has 1 aliphatic heterocycles. The number of allylic oxidation sites excluding steroid dienone is 3. The summed E-state index contributed by atoms with van der Waals surface area (Å²) >= 11 is 0. The molecule has 4 aromatic heterocycles. The van der Waals surface area contributed by atoms with E-state index in [1.165, 1.54) is 159 Å². The van der Waals surface area contributed by atoms with Gasteiger partial charge in [-0.15, -0.1) is 0 Å². The molecule has 14 nitrogen and oxygen atoms in total. The molecule has 1 unspecified atom stereocenters. The van der Waals surface area contributed by atoms with Crippen molar-refractivity contribution in [1.82, 2.24) is 38.7 Å². The van der Waals surface area contributed by atoms with Gasteiger partial charge in [0.15, 0.2) is 28.9 Å². The summed E-state index contributed by atoms with van der Waals surface area (Å²) in [5.41, 5.74) is 28.8. The van der Waals surface area contributed by atoms with Crippen LogP contribution in [0.25, 0.3) is 104 Å². The molecule has 5 aliphatic carbocycles. The molecule has 5 heterocycles. The molecule has 1 saturated heterocycles. The molecule has 1 atom stereocenters. The summed E-state index contributed by atoms with van der Waals surface area (Å²) < 4.78 is 9.59. The summed E-state index contributed by atoms with van der Waals surface area (Å²) in [4.78, 5) is 65.3. The first-order valence-corrected chi connectivity index (χ1v) is 40.0. The lowest BCUT2D eigenvalue weighted by Crippen LogP contribution is -2.26. The van der Waals surface area contributed by atoms with E-state index in [0.29, 0.717) is 47.6 Å². The van der Waals surface area contributed by atoms with Gasteiger partial charge < -0.3 is 43.8 Å². The van der Waals surface area contributed by atoms with Gasteiger partial charge in [-0.1, -0.05) is 58.7 Å². The monoisotopic (exact) mass is 1450 g/mol. The van der Waals surface area contributed by atoms with Crippen LogP contribution >= 0.6 is 0 Å². The number of phenols is 1. The van der Waals surface area contributed by atoms with Gasteiger partial charge in [0.2, 0.25) is 0 Å². The minimum atomic E-state index is -0.179. The number of rotatable bonds is 19. The van der Waals surface area contributed by atoms with Crippen LogP contribution in [0.5, 0.6) is 5.75 Å². The molecule has 3 N–H and O–H groups in total. The largest absolute Gasteiger partial charge is 0.507 e. The zero-order valence-electron chi connectivity index (χ0n) is 65.7. The van der Waals surface area contributed by atoms with Crippen LogP contribution in [0.3, 0.4) is 0 Å². The second kappa shape index (κ2) is 30.6. The average Bonchev–Trinajstić information content (AvgIpc) is 1.57. The maximum atomic E-state index is 12.4. The highest BCUT2D eigenvalue weighted by Gasteiger charge is 2.32. The summed E-state index contributed by atoms with van der Waals surface area (Å²) in [6.07, 6.45) is 15.2. The number of nitrogens with zero attached hydrogens (tertiary/aromatic N) is 6. The highest BCUT2D eigenvalue weighted by molar-refractivity contribution is 6.20. The number of benzene rings is 8. The minimum Gasteiger partial charge on any atom is -0.507 e. The number of hydrogen-bond acceptors (Lipinski definition) is 10. The molecule has 6 aliphatic rings. The van der Waals surface area contributed by atoms with Crippen molar-refractivity contribution in [3.05, 3.63) is 201 Å². The summed E-state index contributed by atoms with van der Waals surface area (Å²) in [5, 5.41) is 27.1. The third-order valence-corrected chi connectivity index (χ3v) is 24.7. The lowest BCUT2D eigenvalue weighted by molar-refractivity contribution is 0.0986. The van der Waals surface area contributed by atoms with Gasteiger partial charge in [0.05, 0.1) is 11.1 Å². The van der Waals surface area contributed by atoms with E-state index in [4.69, 9.17) is 0 Å². The molecule has 8 aromatic carbocycles. The van der Waals surface area contributed by atoms with E-state index in [2.05, 4.69) is 159 Å². The predicted octanol–water partition coefficient (Wildman–Crippen LogP) is 19.4. The van der Waals surface area contributed by atoms with Crippen molar-refractivity contribution in [3.63, 3.8) is 0 Å². The Morgan fingerprint density at radius 1 is 0.505 bits per heavy atom. The maximum Gasteiger partial charge on any atom is 0.163 e. The highest BCUT2D eigenvalue weighted by atomic mass is 16.3. The van der Waals surface area contributed by atoms with Crippen molar-refractivity contribution in [1.29, 1.82) is 0 Å². The van der Waals surface area contributed by atoms with Crippen molar-refractivity contribution in [3.8, 4) is 5.75 Å². The summed E-state index contributed by atoms with van der Waals surface area (Å²) in [5.74, 6) is 0.570. The second-order valence-electron chi connectivity index (χ2n) is 32.2. The number of carbonyl (C=O) groups excluding carboxylic acids is 5. The number of nitrogens with one attached hydrogen (secondary N) is 2. The van der Waals surface area contributed by atoms with Gasteiger partial charge in [-0.05, 0) is 304 Å². The van der Waals surface area contributed by atoms with Gasteiger partial charge in [-0.3, -0.25) is 24.0 Å². The molecular formula is C95H106N8O6. The average molecular weight is 1460 g/mol. The second-order valence-corrected chi connectivity index (χ2v) is 32.2. The van der Waals surface area contributed by atoms with E-state index in [1.54, 1.807) is 26.0 Å². The Hall–Kier alpha value is -9.83. The van der Waals surface area contributed by atoms with Crippen molar-refractivity contribution in [2.24, 2.45) is 0 Å². The molecule has 18 rings (SSSR count). The Morgan fingerprint density at radius 2 is 0.954 bits per heavy atom. The van der Waals surface area contributed by atoms with Crippen LogP contribution in [0.15, 0.2) is 123 Å². The third-order valence-electron chi connectivity index (χ3n) is 24.7. The summed E-state index contributed by atoms with van der Waals surface area (Å²) in [7, 11) is 6.33. The Labute approximate surface area is 640 Å². The van der Waals surface area contributed by atoms with Gasteiger partial charge in [-0.2, -0.15) is 0 Å². The lowest BCUT2D eigenvalue weighted by atomic mass is 9.97. The van der Waals surface area contributed by atoms with Gasteiger partial charge >= 0.3 is 0 Å². The molecule has 1 fully saturated rings. The minimum absolute atomic E-state index is 0.00446. The van der Waals surface area contributed by atoms with E-state index in [1.807, 2.05) is 39.2 Å². The zero-order valence-corrected chi connectivity index (χ0v) is 65.7. The number of likely N-dealkylation sites (tertiary alicyclic amines) is 1. The van der Waals surface area contributed by atoms with Gasteiger partial charge in [0.25, 0.3) is 0 Å². The van der Waals surface area contributed by atoms with Gasteiger partial charge in [0, 0.05) is 168 Å². The zero-order chi connectivity index (χ0) is 76.5. The van der Waals surface area contributed by atoms with Crippen LogP contribution < -0.4 is 10.6 Å². The SMILES string of the molecule is C=C1CCc2c1ccc1c2c2c3c(ccc2n1CCCNCC)C(=O)CC3.C=C1CCc2c1ccc1c2c2c3c(ccc2n1CCNC(C)C)C(=O)CC3.C=C1CCc2c1ccc1c2c2cc(C(C)=O)ccc2n1CCC1CCCN1C.CC(=O)c1cc2c3cc(C(C)=O)c(O)cc3n(CCCN(C)C)c2cc1C. The number of aromatic hydroxyl groups is 1. The first-order valence-electron chi connectivity index (χ1n) is 40.0. The number of hydrogen-bond donors (Lipinski definition) is 3. The highest BCUT2D eigenvalue weighted by Crippen LogP contribution is 2.47. The Morgan fingerprint density at radius 3 is 1.45 bits per heavy atom. The smallest absolute Gasteiger partial charge is 0.163 e. The predicted molar refractivity (Wildman–Crippen MR) is 451 cm³/mol. The molecule has 0 spiro atoms. The first kappa shape index (κ1) is 74.6. The van der Waals surface area contributed by atoms with Crippen molar-refractivity contribution >= 4 is 133 Å². The molecular weight excluding hydrogens is 1350 g/mol. The van der Waals surface area contributed by atoms with Crippen LogP contribution in [-0.2, 0) is 58.3 Å². The fourth-order valence-electron chi connectivity index (χ4n) is 19.2. The normalized spacial score (nSPS) is 15.9. The molecule has 0 bridgehead atoms. The number of phenolic OH excluding ortho intramolecular Hbond substituents is 1. The third kappa shape index (κ3) is 13.6. The summed E-state index contributed by atoms with van der Waals surface area (Å²) in [6.45, 7) is 34.8. The number of aryl methyl sites for hydroxylation is 9. The quantitative estimate of drug-likeness (QED) is 0.0526. The number of Topliss-reactive ketones (excluding diaryl/α,β-unsaturated/α-hetero) is 5. The number of aromatic nitrogens is 4. The Bertz CT molecular complexity index is 5580. The topological polar surface area (TPSA) is 156 Å². The molecule has 0 saturated carbocycles. The number of ketones is 5. The fourth-order valence-corrected chi connectivity index (χ4v) is 19.2. The Balaban J connectivity index is 0.000000116. The van der Waals surface area contributed by atoms with Crippen molar-refractivity contribution in [2.75, 3.05) is 53.9 Å². The molecule has 562 valence electrons. The first-order chi connectivity index (χ1) is 52.5. The van der Waals surface area contributed by atoms with E-state index < -0.39 is 0 Å². The van der Waals surface area contributed by atoms with Crippen molar-refractivity contribution < 1.29 is 29.1 Å². The van der Waals surface area contributed by atoms with Crippen LogP contribution in [0.2, 0.25) is 0 Å². The number of carbonyl (C=O) groups is 5.